The van der Waals surface area contributed by atoms with Gasteiger partial charge in [0, 0.05) is 11.8 Å². The summed E-state index contributed by atoms with van der Waals surface area (Å²) in [6.45, 7) is 0. The average molecular weight is 199 g/mol. The summed E-state index contributed by atoms with van der Waals surface area (Å²) in [5, 5.41) is 0. The lowest BCUT2D eigenvalue weighted by molar-refractivity contribution is -0.104. The van der Waals surface area contributed by atoms with Crippen LogP contribution in [0.15, 0.2) is 53.3 Å². The van der Waals surface area contributed by atoms with Gasteiger partial charge in [-0.15, -0.1) is 0 Å². The Balaban J connectivity index is 2.47. The van der Waals surface area contributed by atoms with Gasteiger partial charge in [-0.25, -0.2) is 0 Å². The number of nitrogens with zero attached hydrogens (tertiary/aromatic N) is 1. The van der Waals surface area contributed by atoms with Crippen molar-refractivity contribution in [3.8, 4) is 0 Å². The van der Waals surface area contributed by atoms with E-state index in [1.165, 1.54) is 6.08 Å². The first-order valence-electron chi connectivity index (χ1n) is 4.52. The molecule has 0 amide bonds. The molecule has 15 heavy (non-hydrogen) atoms. The lowest BCUT2D eigenvalue weighted by Gasteiger charge is -2.01. The zero-order valence-electron chi connectivity index (χ0n) is 7.96. The van der Waals surface area contributed by atoms with Crippen molar-refractivity contribution in [1.29, 1.82) is 0 Å². The second-order valence-corrected chi connectivity index (χ2v) is 2.91. The van der Waals surface area contributed by atoms with Gasteiger partial charge in [0.1, 0.15) is 12.0 Å². The van der Waals surface area contributed by atoms with E-state index in [0.717, 1.165) is 12.0 Å². The molecule has 0 atom stereocenters. The van der Waals surface area contributed by atoms with E-state index in [1.807, 2.05) is 18.2 Å². The number of rotatable bonds is 3. The molecule has 2 aromatic heterocycles. The number of hydrogen-bond donors (Lipinski definition) is 0. The summed E-state index contributed by atoms with van der Waals surface area (Å²) in [6, 6.07) is 9.09. The smallest absolute Gasteiger partial charge is 0.143 e. The van der Waals surface area contributed by atoms with Crippen molar-refractivity contribution in [2.75, 3.05) is 0 Å². The molecule has 3 nitrogen and oxygen atoms in total. The first-order valence-corrected chi connectivity index (χ1v) is 4.52. The van der Waals surface area contributed by atoms with Crippen LogP contribution in [0.5, 0.6) is 0 Å². The second kappa shape index (κ2) is 4.37. The first-order chi connectivity index (χ1) is 7.42. The largest absolute Gasteiger partial charge is 0.464 e. The van der Waals surface area contributed by atoms with Crippen LogP contribution in [0.1, 0.15) is 11.5 Å². The molecule has 0 aliphatic carbocycles. The molecular weight excluding hydrogens is 190 g/mol. The average Bonchev–Trinajstić information content (AvgIpc) is 2.80. The number of aromatic nitrogens is 1. The molecule has 2 heterocycles. The maximum absolute atomic E-state index is 10.5. The van der Waals surface area contributed by atoms with Crippen LogP contribution in [0.3, 0.4) is 0 Å². The van der Waals surface area contributed by atoms with Gasteiger partial charge in [0.25, 0.3) is 0 Å². The fraction of sp³-hybridized carbons (Fsp3) is 0. The molecule has 0 aliphatic heterocycles. The van der Waals surface area contributed by atoms with Gasteiger partial charge in [0.2, 0.25) is 0 Å². The highest BCUT2D eigenvalue weighted by Crippen LogP contribution is 2.20. The summed E-state index contributed by atoms with van der Waals surface area (Å²) in [5.74, 6) is 0.640. The third kappa shape index (κ3) is 2.02. The van der Waals surface area contributed by atoms with Crippen molar-refractivity contribution in [2.45, 2.75) is 0 Å². The lowest BCUT2D eigenvalue weighted by Crippen LogP contribution is -1.89. The highest BCUT2D eigenvalue weighted by atomic mass is 16.3. The molecule has 0 fully saturated rings. The van der Waals surface area contributed by atoms with Crippen molar-refractivity contribution in [3.63, 3.8) is 0 Å². The Kier molecular flexibility index (Phi) is 2.74. The van der Waals surface area contributed by atoms with E-state index in [-0.39, 0.29) is 0 Å². The van der Waals surface area contributed by atoms with Gasteiger partial charge in [0.05, 0.1) is 12.0 Å². The summed E-state index contributed by atoms with van der Waals surface area (Å²) < 4.78 is 5.24. The fourth-order valence-corrected chi connectivity index (χ4v) is 1.32. The minimum atomic E-state index is 0.640. The van der Waals surface area contributed by atoms with Crippen LogP contribution in [0.2, 0.25) is 0 Å². The van der Waals surface area contributed by atoms with Gasteiger partial charge in [-0.05, 0) is 30.3 Å². The van der Waals surface area contributed by atoms with Crippen LogP contribution in [-0.4, -0.2) is 11.3 Å². The van der Waals surface area contributed by atoms with Crippen LogP contribution in [0, 0.1) is 0 Å². The Bertz CT molecular complexity index is 458. The quantitative estimate of drug-likeness (QED) is 0.562. The number of aldehydes is 1. The molecule has 74 valence electrons. The molecule has 0 unspecified atom stereocenters. The predicted molar refractivity (Wildman–Crippen MR) is 56.1 cm³/mol. The van der Waals surface area contributed by atoms with Crippen molar-refractivity contribution >= 4 is 11.9 Å². The van der Waals surface area contributed by atoms with Gasteiger partial charge >= 0.3 is 0 Å². The van der Waals surface area contributed by atoms with E-state index >= 15 is 0 Å². The molecule has 0 saturated carbocycles. The molecule has 0 N–H and O–H groups in total. The monoisotopic (exact) mass is 199 g/mol. The molecule has 0 spiro atoms. The number of hydrogen-bond acceptors (Lipinski definition) is 3. The lowest BCUT2D eigenvalue weighted by atomic mass is 10.1. The van der Waals surface area contributed by atoms with E-state index in [4.69, 9.17) is 4.42 Å². The van der Waals surface area contributed by atoms with E-state index < -0.39 is 0 Å². The Labute approximate surface area is 87.1 Å². The van der Waals surface area contributed by atoms with Crippen molar-refractivity contribution < 1.29 is 9.21 Å². The minimum Gasteiger partial charge on any atom is -0.464 e. The molecule has 0 radical (unpaired) electrons. The van der Waals surface area contributed by atoms with Crippen molar-refractivity contribution in [2.24, 2.45) is 0 Å². The second-order valence-electron chi connectivity index (χ2n) is 2.91. The first kappa shape index (κ1) is 9.40. The summed E-state index contributed by atoms with van der Waals surface area (Å²) in [6.07, 6.45) is 5.42. The number of carbonyl (C=O) groups excluding carboxylic acids is 1. The van der Waals surface area contributed by atoms with E-state index in [1.54, 1.807) is 24.6 Å². The third-order valence-electron chi connectivity index (χ3n) is 1.96. The third-order valence-corrected chi connectivity index (χ3v) is 1.96. The maximum atomic E-state index is 10.5. The molecule has 0 aromatic carbocycles. The standard InChI is InChI=1S/C12H9NO2/c14-8-6-10(12-5-3-9-15-12)11-4-1-2-7-13-11/h1-9H/b10-6+. The van der Waals surface area contributed by atoms with Gasteiger partial charge in [0.15, 0.2) is 0 Å². The predicted octanol–water partition coefficient (Wildman–Crippen LogP) is 2.31. The zero-order valence-corrected chi connectivity index (χ0v) is 7.96. The van der Waals surface area contributed by atoms with E-state index in [9.17, 15) is 4.79 Å². The fourth-order valence-electron chi connectivity index (χ4n) is 1.32. The minimum absolute atomic E-state index is 0.640. The highest BCUT2D eigenvalue weighted by molar-refractivity contribution is 5.86. The number of furan rings is 1. The Morgan fingerprint density at radius 3 is 2.80 bits per heavy atom. The normalized spacial score (nSPS) is 11.3. The molecular formula is C12H9NO2. The molecule has 3 heteroatoms. The van der Waals surface area contributed by atoms with Crippen LogP contribution in [0.4, 0.5) is 0 Å². The highest BCUT2D eigenvalue weighted by Gasteiger charge is 2.07. The molecule has 0 aliphatic rings. The van der Waals surface area contributed by atoms with Gasteiger partial charge in [-0.1, -0.05) is 6.07 Å². The Morgan fingerprint density at radius 2 is 2.20 bits per heavy atom. The van der Waals surface area contributed by atoms with Crippen molar-refractivity contribution in [3.05, 3.63) is 60.3 Å². The number of carbonyl (C=O) groups is 1. The molecule has 0 saturated heterocycles. The maximum Gasteiger partial charge on any atom is 0.143 e. The van der Waals surface area contributed by atoms with Crippen molar-refractivity contribution in [1.82, 2.24) is 4.98 Å². The van der Waals surface area contributed by atoms with Gasteiger partial charge < -0.3 is 4.42 Å². The van der Waals surface area contributed by atoms with Crippen LogP contribution >= 0.6 is 0 Å². The molecule has 2 rings (SSSR count). The number of pyridine rings is 1. The van der Waals surface area contributed by atoms with Crippen LogP contribution in [-0.2, 0) is 4.79 Å². The summed E-state index contributed by atoms with van der Waals surface area (Å²) in [5.41, 5.74) is 1.41. The van der Waals surface area contributed by atoms with Gasteiger partial charge in [-0.3, -0.25) is 9.78 Å². The van der Waals surface area contributed by atoms with E-state index in [2.05, 4.69) is 4.98 Å². The van der Waals surface area contributed by atoms with Crippen LogP contribution < -0.4 is 0 Å². The van der Waals surface area contributed by atoms with Crippen LogP contribution in [0.25, 0.3) is 5.57 Å². The molecule has 2 aromatic rings. The van der Waals surface area contributed by atoms with E-state index in [0.29, 0.717) is 11.3 Å². The molecule has 0 bridgehead atoms. The summed E-state index contributed by atoms with van der Waals surface area (Å²) in [4.78, 5) is 14.7. The summed E-state index contributed by atoms with van der Waals surface area (Å²) >= 11 is 0. The SMILES string of the molecule is O=C/C=C(\c1ccccn1)c1ccco1. The number of allylic oxidation sites excluding steroid dienone is 1. The van der Waals surface area contributed by atoms with Gasteiger partial charge in [-0.2, -0.15) is 0 Å². The summed E-state index contributed by atoms with van der Waals surface area (Å²) in [7, 11) is 0. The Morgan fingerprint density at radius 1 is 1.27 bits per heavy atom. The zero-order chi connectivity index (χ0) is 10.5. The Hall–Kier alpha value is -2.16. The topological polar surface area (TPSA) is 43.1 Å².